The summed E-state index contributed by atoms with van der Waals surface area (Å²) in [4.78, 5) is 22.4. The maximum atomic E-state index is 10.5. The molecule has 1 amide bonds. The van der Waals surface area contributed by atoms with Gasteiger partial charge >= 0.3 is 0 Å². The van der Waals surface area contributed by atoms with Gasteiger partial charge < -0.3 is 24.8 Å². The molecule has 1 aromatic carbocycles. The third kappa shape index (κ3) is 54.8. The van der Waals surface area contributed by atoms with Gasteiger partial charge in [-0.15, -0.1) is 22.7 Å². The minimum Gasteiger partial charge on any atom is -0.381 e. The third-order valence-corrected chi connectivity index (χ3v) is 17.7. The van der Waals surface area contributed by atoms with Gasteiger partial charge in [-0.2, -0.15) is 0 Å². The number of nitrogens with one attached hydrogen (secondary N) is 1. The van der Waals surface area contributed by atoms with Crippen LogP contribution in [0.4, 0.5) is 0 Å². The summed E-state index contributed by atoms with van der Waals surface area (Å²) in [6.07, 6.45) is 23.8. The SMILES string of the molecule is CC(C)C1=CCC=C1.CC(C)C1CCOCC1.CC(C)CN(C)C.CC(C)CN1CCCCC1.CC(C)CN1CCCCCC1.CCCC(C)C.CNC(=O)CC(C)C.Cc1ccc(C(C)C)s1.Cc1ccccc1C(C)C.Cc1ccsc1C(C)C. The minimum absolute atomic E-state index is 0.125. The predicted octanol–water partition coefficient (Wildman–Crippen LogP) is 23.1. The summed E-state index contributed by atoms with van der Waals surface area (Å²) in [5, 5.41) is 4.71. The molecule has 3 aromatic rings. The Kier molecular flexibility index (Phi) is 57.2. The summed E-state index contributed by atoms with van der Waals surface area (Å²) >= 11 is 3.75. The summed E-state index contributed by atoms with van der Waals surface area (Å²) in [5.41, 5.74) is 5.79. The van der Waals surface area contributed by atoms with Crippen LogP contribution in [0.1, 0.15) is 278 Å². The summed E-state index contributed by atoms with van der Waals surface area (Å²) in [6.45, 7) is 64.5. The molecule has 2 aromatic heterocycles. The van der Waals surface area contributed by atoms with Crippen molar-refractivity contribution in [1.29, 1.82) is 0 Å². The van der Waals surface area contributed by atoms with E-state index in [9.17, 15) is 4.79 Å². The van der Waals surface area contributed by atoms with Crippen LogP contribution in [0, 0.1) is 68.1 Å². The first-order valence-corrected chi connectivity index (χ1v) is 37.0. The quantitative estimate of drug-likeness (QED) is 0.164. The summed E-state index contributed by atoms with van der Waals surface area (Å²) in [5.74, 6) is 8.53. The van der Waals surface area contributed by atoms with Crippen molar-refractivity contribution in [1.82, 2.24) is 20.0 Å². The van der Waals surface area contributed by atoms with Gasteiger partial charge in [0.1, 0.15) is 0 Å². The monoisotopic (exact) mass is 1250 g/mol. The molecule has 0 saturated carbocycles. The lowest BCUT2D eigenvalue weighted by Gasteiger charge is -2.27. The van der Waals surface area contributed by atoms with Crippen LogP contribution in [0.15, 0.2) is 71.6 Å². The van der Waals surface area contributed by atoms with E-state index in [1.165, 1.54) is 153 Å². The number of nitrogens with zero attached hydrogens (tertiary/aromatic N) is 3. The van der Waals surface area contributed by atoms with E-state index in [4.69, 9.17) is 4.74 Å². The molecular weight excluding hydrogens is 1100 g/mol. The topological polar surface area (TPSA) is 48.1 Å². The van der Waals surface area contributed by atoms with Crippen molar-refractivity contribution >= 4 is 28.6 Å². The maximum absolute atomic E-state index is 10.5. The molecule has 0 radical (unpaired) electrons. The number of likely N-dealkylation sites (tertiary alicyclic amines) is 2. The van der Waals surface area contributed by atoms with Gasteiger partial charge in [0, 0.05) is 54.4 Å². The van der Waals surface area contributed by atoms with E-state index in [0.29, 0.717) is 36.0 Å². The highest BCUT2D eigenvalue weighted by molar-refractivity contribution is 7.12. The van der Waals surface area contributed by atoms with Crippen LogP contribution < -0.4 is 5.32 Å². The van der Waals surface area contributed by atoms with E-state index in [0.717, 1.165) is 55.1 Å². The fourth-order valence-corrected chi connectivity index (χ4v) is 12.4. The Balaban J connectivity index is -0.000000905. The fourth-order valence-electron chi connectivity index (χ4n) is 10.5. The number of benzene rings is 1. The zero-order valence-electron chi connectivity index (χ0n) is 62.7. The van der Waals surface area contributed by atoms with Gasteiger partial charge in [-0.25, -0.2) is 0 Å². The molecule has 0 unspecified atom stereocenters. The number of hydrogen-bond acceptors (Lipinski definition) is 7. The molecule has 3 fully saturated rings. The highest BCUT2D eigenvalue weighted by atomic mass is 32.1. The summed E-state index contributed by atoms with van der Waals surface area (Å²) < 4.78 is 5.25. The number of ether oxygens (including phenoxy) is 1. The van der Waals surface area contributed by atoms with Crippen molar-refractivity contribution in [2.45, 2.75) is 267 Å². The number of amides is 1. The maximum Gasteiger partial charge on any atom is 0.219 e. The second-order valence-electron chi connectivity index (χ2n) is 28.9. The minimum atomic E-state index is 0.125. The van der Waals surface area contributed by atoms with Crippen LogP contribution in [0.2, 0.25) is 0 Å². The molecule has 0 atom stereocenters. The zero-order valence-corrected chi connectivity index (χ0v) is 64.4. The molecule has 1 aliphatic carbocycles. The highest BCUT2D eigenvalue weighted by Crippen LogP contribution is 2.26. The number of carbonyl (C=O) groups is 1. The Morgan fingerprint density at radius 1 is 0.609 bits per heavy atom. The van der Waals surface area contributed by atoms with Crippen LogP contribution >= 0.6 is 22.7 Å². The number of piperidine rings is 1. The largest absolute Gasteiger partial charge is 0.381 e. The van der Waals surface area contributed by atoms with Gasteiger partial charge in [-0.05, 0) is 223 Å². The van der Waals surface area contributed by atoms with Crippen molar-refractivity contribution < 1.29 is 9.53 Å². The first kappa shape index (κ1) is 88.6. The average Bonchev–Trinajstić information content (AvgIpc) is 4.47. The van der Waals surface area contributed by atoms with E-state index < -0.39 is 0 Å². The number of carbonyl (C=O) groups excluding carboxylic acids is 1. The second-order valence-corrected chi connectivity index (χ2v) is 31.2. The lowest BCUT2D eigenvalue weighted by atomic mass is 9.89. The highest BCUT2D eigenvalue weighted by Gasteiger charge is 2.16. The lowest BCUT2D eigenvalue weighted by Crippen LogP contribution is -2.32. The van der Waals surface area contributed by atoms with Crippen molar-refractivity contribution in [3.63, 3.8) is 0 Å². The molecule has 7 rings (SSSR count). The Labute approximate surface area is 552 Å². The molecule has 508 valence electrons. The van der Waals surface area contributed by atoms with Gasteiger partial charge in [0.15, 0.2) is 0 Å². The van der Waals surface area contributed by atoms with Crippen molar-refractivity contribution in [2.75, 3.05) is 80.2 Å². The van der Waals surface area contributed by atoms with Crippen LogP contribution in [-0.4, -0.2) is 101 Å². The molecule has 8 heteroatoms. The zero-order chi connectivity index (χ0) is 66.9. The van der Waals surface area contributed by atoms with Crippen molar-refractivity contribution in [3.8, 4) is 0 Å². The number of allylic oxidation sites excluding steroid dienone is 4. The number of rotatable bonds is 15. The molecule has 0 spiro atoms. The van der Waals surface area contributed by atoms with E-state index in [-0.39, 0.29) is 5.91 Å². The summed E-state index contributed by atoms with van der Waals surface area (Å²) in [7, 11) is 5.85. The van der Waals surface area contributed by atoms with E-state index in [1.54, 1.807) is 7.05 Å². The molecule has 5 heterocycles. The van der Waals surface area contributed by atoms with Crippen LogP contribution in [-0.2, 0) is 9.53 Å². The molecule has 4 aliphatic rings. The van der Waals surface area contributed by atoms with E-state index >= 15 is 0 Å². The number of hydrogen-bond donors (Lipinski definition) is 1. The van der Waals surface area contributed by atoms with Gasteiger partial charge in [0.05, 0.1) is 0 Å². The Morgan fingerprint density at radius 3 is 1.36 bits per heavy atom. The first-order valence-electron chi connectivity index (χ1n) is 35.3. The van der Waals surface area contributed by atoms with Crippen LogP contribution in [0.5, 0.6) is 0 Å². The molecule has 0 bridgehead atoms. The van der Waals surface area contributed by atoms with Crippen LogP contribution in [0.3, 0.4) is 0 Å². The van der Waals surface area contributed by atoms with Gasteiger partial charge in [-0.3, -0.25) is 4.79 Å². The Bertz CT molecular complexity index is 2030. The molecule has 6 nitrogen and oxygen atoms in total. The number of thiophene rings is 2. The smallest absolute Gasteiger partial charge is 0.219 e. The average molecular weight is 1250 g/mol. The van der Waals surface area contributed by atoms with Gasteiger partial charge in [-0.1, -0.05) is 220 Å². The molecule has 3 aliphatic heterocycles. The lowest BCUT2D eigenvalue weighted by molar-refractivity contribution is -0.121. The van der Waals surface area contributed by atoms with Gasteiger partial charge in [0.25, 0.3) is 0 Å². The van der Waals surface area contributed by atoms with E-state index in [1.807, 2.05) is 36.5 Å². The fraction of sp³-hybridized carbons (Fsp3) is 0.759. The molecule has 1 N–H and O–H groups in total. The molecule has 87 heavy (non-hydrogen) atoms. The normalized spacial score (nSPS) is 15.2. The van der Waals surface area contributed by atoms with Gasteiger partial charge in [0.2, 0.25) is 5.91 Å². The Hall–Kier alpha value is -2.59. The molecule has 3 saturated heterocycles. The van der Waals surface area contributed by atoms with Crippen molar-refractivity contribution in [3.05, 3.63) is 103 Å². The van der Waals surface area contributed by atoms with E-state index in [2.05, 4.69) is 253 Å². The van der Waals surface area contributed by atoms with Crippen LogP contribution in [0.25, 0.3) is 0 Å². The number of aryl methyl sites for hydroxylation is 3. The summed E-state index contributed by atoms with van der Waals surface area (Å²) in [6, 6.07) is 15.1. The first-order chi connectivity index (χ1) is 40.9. The van der Waals surface area contributed by atoms with Crippen molar-refractivity contribution in [2.24, 2.45) is 47.3 Å². The second kappa shape index (κ2) is 56.2. The Morgan fingerprint density at radius 2 is 1.13 bits per heavy atom. The third-order valence-electron chi connectivity index (χ3n) is 15.1. The molecular formula is C79H148N4O2S2. The standard InChI is InChI=1S/C10H21N.C10H14.C9H19N.C8H16O.2C8H12S.C8H12.C6H13NO.C6H15N.C6H14/c1-10(2)9-11-7-5-3-4-6-8-11;1-8(2)10-7-5-4-6-9(10)3;1-9(2)8-10-6-4-3-5-7-10;1-7(2)8-3-5-9-6-4-8;1-6(2)8-7(3)4-5-9-8;1-6(2)8-5-4-7(3)9-8;1-7(2)8-5-3-4-6-8;1-5(2)4-6(8)7-3;1-6(2)5-7(3)4;1-4-5-6(2)3/h10H,3-9H2,1-2H3;4-8H,1-3H3;9H,3-8H2,1-2H3;7-8H,3-6H2,1-2H3;2*4-6H,1-3H3;3,5-7H,4H2,1-2H3;5H,4H2,1-3H3,(H,7,8);6H,5H2,1-4H3;6H,4-5H2,1-3H3. The predicted molar refractivity (Wildman–Crippen MR) is 398 cm³/mol.